The molecule has 9 rings (SSSR count). The van der Waals surface area contributed by atoms with E-state index in [-0.39, 0.29) is 0 Å². The molecule has 0 aliphatic carbocycles. The van der Waals surface area contributed by atoms with Crippen molar-refractivity contribution in [1.82, 2.24) is 0 Å². The van der Waals surface area contributed by atoms with E-state index in [1.165, 1.54) is 0 Å². The second-order valence-electron chi connectivity index (χ2n) is 9.59. The summed E-state index contributed by atoms with van der Waals surface area (Å²) in [4.78, 5) is 0. The third kappa shape index (κ3) is 4.17. The Hall–Kier alpha value is -5.92. The van der Waals surface area contributed by atoms with Crippen molar-refractivity contribution in [3.05, 3.63) is 169 Å². The largest absolute Gasteiger partial charge is 0.456 e. The molecule has 0 saturated heterocycles. The predicted molar refractivity (Wildman–Crippen MR) is 190 cm³/mol. The van der Waals surface area contributed by atoms with Gasteiger partial charge in [0, 0.05) is 10.8 Å². The lowest BCUT2D eigenvalue weighted by molar-refractivity contribution is 0.669. The van der Waals surface area contributed by atoms with Crippen LogP contribution in [-0.2, 0) is 0 Å². The van der Waals surface area contributed by atoms with Gasteiger partial charge in [-0.25, -0.2) is 0 Å². The molecule has 0 N–H and O–H groups in total. The van der Waals surface area contributed by atoms with Crippen molar-refractivity contribution in [1.29, 1.82) is 0 Å². The number of furan rings is 1. The van der Waals surface area contributed by atoms with Gasteiger partial charge in [-0.1, -0.05) is 145 Å². The van der Waals surface area contributed by atoms with Crippen LogP contribution in [0.25, 0.3) is 88.0 Å². The van der Waals surface area contributed by atoms with Crippen molar-refractivity contribution in [3.63, 3.8) is 0 Å². The summed E-state index contributed by atoms with van der Waals surface area (Å²) in [7, 11) is 0. The lowest BCUT2D eigenvalue weighted by Crippen LogP contribution is -1.91. The number of hydrogen-bond acceptors (Lipinski definition) is 1. The van der Waals surface area contributed by atoms with Crippen LogP contribution in [0.15, 0.2) is 174 Å². The minimum absolute atomic E-state index is 0.552. The molecule has 0 aliphatic rings. The van der Waals surface area contributed by atoms with Crippen LogP contribution >= 0.6 is 0 Å². The van der Waals surface area contributed by atoms with Crippen LogP contribution in [0.3, 0.4) is 0 Å². The number of hydrogen-bond donors (Lipinski definition) is 0. The molecule has 0 unspecified atom stereocenters. The summed E-state index contributed by atoms with van der Waals surface area (Å²) in [5.74, 6) is 0. The highest BCUT2D eigenvalue weighted by Gasteiger charge is 2.20. The highest BCUT2D eigenvalue weighted by molar-refractivity contribution is 6.25. The summed E-state index contributed by atoms with van der Waals surface area (Å²) in [6.07, 6.45) is 0. The van der Waals surface area contributed by atoms with Crippen molar-refractivity contribution in [2.24, 2.45) is 0 Å². The molecular weight excluding hydrogens is 544 g/mol. The first-order valence-corrected chi connectivity index (χ1v) is 13.2. The van der Waals surface area contributed by atoms with Crippen molar-refractivity contribution < 1.29 is 41.4 Å². The fourth-order valence-corrected chi connectivity index (χ4v) is 5.29. The summed E-state index contributed by atoms with van der Waals surface area (Å²) in [5.41, 5.74) is -6.76. The highest BCUT2D eigenvalue weighted by Crippen LogP contribution is 2.47. The molecule has 0 bridgehead atoms. The first kappa shape index (κ1) is 10.3. The average molecular weight is 600 g/mol. The normalized spacial score (nSPS) is 20.0. The number of benzene rings is 8. The van der Waals surface area contributed by atoms with Gasteiger partial charge in [-0.15, -0.1) is 0 Å². The predicted octanol–water partition coefficient (Wildman–Crippen LogP) is 12.6. The SMILES string of the molecule is [2H]c1cc(-c2c([2H])c([2H])c([2H])c([2H])c2[2H])c([2H])c(-c2c3c([2H])c([2H])c([2H])c([2H])c3c(-c3c([2H])c([2H])c([2H])c4oc5c([2H])c(-c6c([2H])c([2H])c([2H])c([2H])c6[2H])c([2H])c([2H])c5c34)c3c([2H])c([2H])c([2H])c([2H])c23)c1[2H]. The molecule has 0 aliphatic heterocycles. The molecule has 0 fully saturated rings. The van der Waals surface area contributed by atoms with E-state index in [1.807, 2.05) is 0 Å². The summed E-state index contributed by atoms with van der Waals surface area (Å²) < 4.78 is 246. The first-order valence-electron chi connectivity index (χ1n) is 26.7. The van der Waals surface area contributed by atoms with Gasteiger partial charge in [0.05, 0.1) is 37.0 Å². The van der Waals surface area contributed by atoms with Gasteiger partial charge in [0.25, 0.3) is 0 Å². The zero-order valence-electron chi connectivity index (χ0n) is 49.5. The minimum Gasteiger partial charge on any atom is -0.456 e. The van der Waals surface area contributed by atoms with Crippen LogP contribution in [0.4, 0.5) is 0 Å². The van der Waals surface area contributed by atoms with Gasteiger partial charge in [-0.3, -0.25) is 0 Å². The van der Waals surface area contributed by atoms with E-state index in [4.69, 9.17) is 27.7 Å². The molecule has 1 heteroatoms. The van der Waals surface area contributed by atoms with E-state index in [0.717, 1.165) is 6.07 Å². The van der Waals surface area contributed by atoms with E-state index in [9.17, 15) is 13.7 Å². The molecular formula is C44H28O. The molecule has 1 nitrogen and oxygen atoms in total. The summed E-state index contributed by atoms with van der Waals surface area (Å²) >= 11 is 0. The molecule has 1 heterocycles. The topological polar surface area (TPSA) is 13.1 Å². The van der Waals surface area contributed by atoms with Crippen LogP contribution < -0.4 is 0 Å². The van der Waals surface area contributed by atoms with Crippen LogP contribution in [-0.4, -0.2) is 0 Å². The zero-order chi connectivity index (χ0) is 53.2. The third-order valence-electron chi connectivity index (χ3n) is 7.14. The van der Waals surface area contributed by atoms with Crippen LogP contribution in [0, 0.1) is 0 Å². The van der Waals surface area contributed by atoms with Crippen molar-refractivity contribution in [2.45, 2.75) is 0 Å². The van der Waals surface area contributed by atoms with E-state index in [2.05, 4.69) is 0 Å². The molecule has 0 radical (unpaired) electrons. The number of rotatable bonds is 4. The maximum atomic E-state index is 9.60. The summed E-state index contributed by atoms with van der Waals surface area (Å²) in [6.45, 7) is 0. The average Bonchev–Trinajstić information content (AvgIpc) is 3.75. The molecule has 8 aromatic carbocycles. The van der Waals surface area contributed by atoms with E-state index in [1.54, 1.807) is 0 Å². The standard InChI is InChI=1S/C44H28O/c1-3-13-29(14-4-1)31-17-11-18-33(27-31)42-34-19-7-9-21-36(34)43(37-22-10-8-20-35(37)42)39-23-12-24-40-44(39)38-26-25-32(28-41(38)45-40)30-15-5-2-6-16-30/h1-28H/i1D,2D,3D,4D,5D,6D,7D,8D,9D,10D,11D,12D,13D,14D,15D,16D,18D,19D,20D,21D,22D,23D,24D,25D,26D,27D,28D. The number of fused-ring (bicyclic) bond motifs is 5. The smallest absolute Gasteiger partial charge is 0.136 e. The van der Waals surface area contributed by atoms with Gasteiger partial charge in [-0.05, 0) is 90.2 Å². The Kier molecular flexibility index (Phi) is 2.38. The van der Waals surface area contributed by atoms with Crippen molar-refractivity contribution in [3.8, 4) is 44.5 Å². The van der Waals surface area contributed by atoms with Crippen molar-refractivity contribution in [2.75, 3.05) is 0 Å². The third-order valence-corrected chi connectivity index (χ3v) is 7.14. The van der Waals surface area contributed by atoms with Crippen LogP contribution in [0.2, 0.25) is 0 Å². The second-order valence-corrected chi connectivity index (χ2v) is 9.59. The van der Waals surface area contributed by atoms with Gasteiger partial charge in [-0.2, -0.15) is 0 Å². The second kappa shape index (κ2) is 10.4. The Morgan fingerprint density at radius 1 is 0.356 bits per heavy atom. The van der Waals surface area contributed by atoms with E-state index < -0.39 is 251 Å². The molecule has 0 amide bonds. The van der Waals surface area contributed by atoms with Crippen LogP contribution in [0.1, 0.15) is 37.0 Å². The van der Waals surface area contributed by atoms with Gasteiger partial charge >= 0.3 is 0 Å². The van der Waals surface area contributed by atoms with Gasteiger partial charge in [0.2, 0.25) is 0 Å². The molecule has 210 valence electrons. The Bertz CT molecular complexity index is 3920. The minimum atomic E-state index is -0.986. The summed E-state index contributed by atoms with van der Waals surface area (Å²) in [6, 6.07) is -23.5. The molecule has 9 aromatic rings. The lowest BCUT2D eigenvalue weighted by atomic mass is 9.84. The molecule has 45 heavy (non-hydrogen) atoms. The van der Waals surface area contributed by atoms with Gasteiger partial charge in [0.1, 0.15) is 11.2 Å². The van der Waals surface area contributed by atoms with Crippen LogP contribution in [0.5, 0.6) is 0 Å². The van der Waals surface area contributed by atoms with Crippen molar-refractivity contribution >= 4 is 43.5 Å². The molecule has 0 spiro atoms. The lowest BCUT2D eigenvalue weighted by Gasteiger charge is -2.18. The Balaban J connectivity index is 1.59. The van der Waals surface area contributed by atoms with Gasteiger partial charge in [0.15, 0.2) is 0 Å². The quantitative estimate of drug-likeness (QED) is 0.183. The fraction of sp³-hybridized carbons (Fsp3) is 0. The Morgan fingerprint density at radius 3 is 1.60 bits per heavy atom. The van der Waals surface area contributed by atoms with Gasteiger partial charge < -0.3 is 4.42 Å². The van der Waals surface area contributed by atoms with E-state index >= 15 is 0 Å². The summed E-state index contributed by atoms with van der Waals surface area (Å²) in [5, 5.41) is -4.00. The Morgan fingerprint density at radius 2 is 0.933 bits per heavy atom. The monoisotopic (exact) mass is 599 g/mol. The zero-order valence-corrected chi connectivity index (χ0v) is 22.5. The Labute approximate surface area is 299 Å². The fourth-order valence-electron chi connectivity index (χ4n) is 5.29. The first-order chi connectivity index (χ1) is 33.6. The molecule has 0 atom stereocenters. The highest BCUT2D eigenvalue weighted by atomic mass is 16.3. The molecule has 1 aromatic heterocycles. The maximum Gasteiger partial charge on any atom is 0.136 e. The maximum absolute atomic E-state index is 9.60. The van der Waals surface area contributed by atoms with E-state index in [0.29, 0.717) is 0 Å². The molecule has 0 saturated carbocycles.